The van der Waals surface area contributed by atoms with Crippen LogP contribution in [0.25, 0.3) is 0 Å². The highest BCUT2D eigenvalue weighted by atomic mass is 16.5. The summed E-state index contributed by atoms with van der Waals surface area (Å²) in [6.45, 7) is 11.6. The van der Waals surface area contributed by atoms with Crippen molar-refractivity contribution >= 4 is 11.9 Å². The maximum absolute atomic E-state index is 11.8. The lowest BCUT2D eigenvalue weighted by molar-refractivity contribution is -0.144. The summed E-state index contributed by atoms with van der Waals surface area (Å²) in [5.41, 5.74) is 0. The molecule has 112 valence electrons. The molecule has 0 rings (SSSR count). The number of hydrogen-bond donors (Lipinski definition) is 0. The standard InChI is InChI=1S/C14H28N2O3/c1-5-15(12-14(18)19-8-4)11-9-10-13(17)16(6-2)7-3/h5-12H2,1-4H3. The van der Waals surface area contributed by atoms with E-state index >= 15 is 0 Å². The summed E-state index contributed by atoms with van der Waals surface area (Å²) in [6, 6.07) is 0. The first-order valence-electron chi connectivity index (χ1n) is 7.24. The molecule has 5 heteroatoms. The first-order valence-corrected chi connectivity index (χ1v) is 7.24. The van der Waals surface area contributed by atoms with Gasteiger partial charge in [-0.2, -0.15) is 0 Å². The van der Waals surface area contributed by atoms with E-state index in [4.69, 9.17) is 4.74 Å². The minimum absolute atomic E-state index is 0.192. The van der Waals surface area contributed by atoms with Gasteiger partial charge in [0.2, 0.25) is 5.91 Å². The Kier molecular flexibility index (Phi) is 10.2. The summed E-state index contributed by atoms with van der Waals surface area (Å²) < 4.78 is 4.92. The van der Waals surface area contributed by atoms with Crippen LogP contribution in [0.5, 0.6) is 0 Å². The third-order valence-corrected chi connectivity index (χ3v) is 3.09. The van der Waals surface area contributed by atoms with Gasteiger partial charge in [-0.15, -0.1) is 0 Å². The monoisotopic (exact) mass is 272 g/mol. The SMILES string of the molecule is CCOC(=O)CN(CC)CCCC(=O)N(CC)CC. The Morgan fingerprint density at radius 3 is 2.11 bits per heavy atom. The number of carbonyl (C=O) groups excluding carboxylic acids is 2. The summed E-state index contributed by atoms with van der Waals surface area (Å²) in [5.74, 6) is -0.00314. The highest BCUT2D eigenvalue weighted by Crippen LogP contribution is 2.01. The van der Waals surface area contributed by atoms with E-state index in [-0.39, 0.29) is 11.9 Å². The van der Waals surface area contributed by atoms with Crippen LogP contribution in [-0.2, 0) is 14.3 Å². The van der Waals surface area contributed by atoms with E-state index in [0.29, 0.717) is 19.6 Å². The highest BCUT2D eigenvalue weighted by molar-refractivity contribution is 5.76. The number of ether oxygens (including phenoxy) is 1. The van der Waals surface area contributed by atoms with E-state index in [2.05, 4.69) is 0 Å². The fourth-order valence-electron chi connectivity index (χ4n) is 1.93. The molecule has 0 saturated heterocycles. The second-order valence-electron chi connectivity index (χ2n) is 4.34. The second-order valence-corrected chi connectivity index (χ2v) is 4.34. The van der Waals surface area contributed by atoms with E-state index in [1.54, 1.807) is 6.92 Å². The minimum Gasteiger partial charge on any atom is -0.465 e. The number of likely N-dealkylation sites (N-methyl/N-ethyl adjacent to an activating group) is 1. The van der Waals surface area contributed by atoms with Crippen LogP contribution in [0.1, 0.15) is 40.5 Å². The number of amides is 1. The van der Waals surface area contributed by atoms with Gasteiger partial charge in [0.25, 0.3) is 0 Å². The van der Waals surface area contributed by atoms with Crippen molar-refractivity contribution in [2.45, 2.75) is 40.5 Å². The average molecular weight is 272 g/mol. The van der Waals surface area contributed by atoms with Gasteiger partial charge < -0.3 is 9.64 Å². The van der Waals surface area contributed by atoms with Crippen LogP contribution in [0.4, 0.5) is 0 Å². The van der Waals surface area contributed by atoms with Crippen LogP contribution in [-0.4, -0.2) is 61.0 Å². The Bertz CT molecular complexity index is 265. The van der Waals surface area contributed by atoms with E-state index in [1.165, 1.54) is 0 Å². The van der Waals surface area contributed by atoms with Crippen molar-refractivity contribution < 1.29 is 14.3 Å². The Morgan fingerprint density at radius 1 is 1.00 bits per heavy atom. The van der Waals surface area contributed by atoms with E-state index < -0.39 is 0 Å². The lowest BCUT2D eigenvalue weighted by Crippen LogP contribution is -2.34. The molecule has 0 aromatic heterocycles. The Labute approximate surface area is 116 Å². The molecule has 0 aromatic rings. The molecule has 0 fully saturated rings. The van der Waals surface area contributed by atoms with Crippen LogP contribution >= 0.6 is 0 Å². The van der Waals surface area contributed by atoms with E-state index in [1.807, 2.05) is 30.6 Å². The van der Waals surface area contributed by atoms with Crippen molar-refractivity contribution in [3.63, 3.8) is 0 Å². The zero-order valence-electron chi connectivity index (χ0n) is 12.8. The maximum atomic E-state index is 11.8. The van der Waals surface area contributed by atoms with Crippen molar-refractivity contribution in [1.29, 1.82) is 0 Å². The quantitative estimate of drug-likeness (QED) is 0.566. The van der Waals surface area contributed by atoms with Gasteiger partial charge in [0, 0.05) is 19.5 Å². The summed E-state index contributed by atoms with van der Waals surface area (Å²) in [7, 11) is 0. The van der Waals surface area contributed by atoms with Crippen molar-refractivity contribution in [2.75, 3.05) is 39.3 Å². The topological polar surface area (TPSA) is 49.9 Å². The molecular formula is C14H28N2O3. The Morgan fingerprint density at radius 2 is 1.63 bits per heavy atom. The number of esters is 1. The van der Waals surface area contributed by atoms with Gasteiger partial charge in [-0.05, 0) is 40.3 Å². The van der Waals surface area contributed by atoms with Gasteiger partial charge in [-0.25, -0.2) is 0 Å². The Hall–Kier alpha value is -1.10. The van der Waals surface area contributed by atoms with Gasteiger partial charge in [0.05, 0.1) is 13.2 Å². The predicted molar refractivity (Wildman–Crippen MR) is 75.9 cm³/mol. The molecule has 1 amide bonds. The largest absolute Gasteiger partial charge is 0.465 e. The molecule has 19 heavy (non-hydrogen) atoms. The van der Waals surface area contributed by atoms with Crippen LogP contribution in [0.15, 0.2) is 0 Å². The predicted octanol–water partition coefficient (Wildman–Crippen LogP) is 1.52. The smallest absolute Gasteiger partial charge is 0.320 e. The van der Waals surface area contributed by atoms with Crippen LogP contribution in [0, 0.1) is 0 Å². The molecule has 0 saturated carbocycles. The van der Waals surface area contributed by atoms with Gasteiger partial charge >= 0.3 is 5.97 Å². The molecule has 0 aliphatic heterocycles. The molecule has 0 atom stereocenters. The highest BCUT2D eigenvalue weighted by Gasteiger charge is 2.12. The van der Waals surface area contributed by atoms with E-state index in [0.717, 1.165) is 32.6 Å². The summed E-state index contributed by atoms with van der Waals surface area (Å²) >= 11 is 0. The van der Waals surface area contributed by atoms with Crippen molar-refractivity contribution in [2.24, 2.45) is 0 Å². The normalized spacial score (nSPS) is 10.6. The number of nitrogens with zero attached hydrogens (tertiary/aromatic N) is 2. The van der Waals surface area contributed by atoms with Crippen molar-refractivity contribution in [1.82, 2.24) is 9.80 Å². The average Bonchev–Trinajstić information content (AvgIpc) is 2.39. The van der Waals surface area contributed by atoms with E-state index in [9.17, 15) is 9.59 Å². The summed E-state index contributed by atoms with van der Waals surface area (Å²) in [5, 5.41) is 0. The molecule has 0 heterocycles. The first kappa shape index (κ1) is 17.9. The van der Waals surface area contributed by atoms with Crippen LogP contribution < -0.4 is 0 Å². The molecular weight excluding hydrogens is 244 g/mol. The zero-order chi connectivity index (χ0) is 14.7. The van der Waals surface area contributed by atoms with Crippen molar-refractivity contribution in [3.05, 3.63) is 0 Å². The minimum atomic E-state index is -0.195. The van der Waals surface area contributed by atoms with Crippen LogP contribution in [0.3, 0.4) is 0 Å². The third-order valence-electron chi connectivity index (χ3n) is 3.09. The van der Waals surface area contributed by atoms with Gasteiger partial charge in [-0.3, -0.25) is 14.5 Å². The lowest BCUT2D eigenvalue weighted by atomic mass is 10.2. The van der Waals surface area contributed by atoms with Gasteiger partial charge in [0.15, 0.2) is 0 Å². The molecule has 0 N–H and O–H groups in total. The zero-order valence-corrected chi connectivity index (χ0v) is 12.8. The summed E-state index contributed by atoms with van der Waals surface area (Å²) in [6.07, 6.45) is 1.32. The number of rotatable bonds is 10. The lowest BCUT2D eigenvalue weighted by Gasteiger charge is -2.21. The molecule has 0 bridgehead atoms. The molecule has 5 nitrogen and oxygen atoms in total. The second kappa shape index (κ2) is 10.8. The number of hydrogen-bond acceptors (Lipinski definition) is 4. The molecule has 0 unspecified atom stereocenters. The molecule has 0 spiro atoms. The molecule has 0 radical (unpaired) electrons. The molecule has 0 aromatic carbocycles. The van der Waals surface area contributed by atoms with Gasteiger partial charge in [-0.1, -0.05) is 6.92 Å². The molecule has 0 aliphatic carbocycles. The Balaban J connectivity index is 3.95. The third kappa shape index (κ3) is 7.82. The fourth-order valence-corrected chi connectivity index (χ4v) is 1.93. The maximum Gasteiger partial charge on any atom is 0.320 e. The first-order chi connectivity index (χ1) is 9.08. The number of carbonyl (C=O) groups is 2. The summed E-state index contributed by atoms with van der Waals surface area (Å²) in [4.78, 5) is 27.0. The van der Waals surface area contributed by atoms with Crippen molar-refractivity contribution in [3.8, 4) is 0 Å². The van der Waals surface area contributed by atoms with Crippen LogP contribution in [0.2, 0.25) is 0 Å². The van der Waals surface area contributed by atoms with Gasteiger partial charge in [0.1, 0.15) is 0 Å². The molecule has 0 aliphatic rings. The fraction of sp³-hybridized carbons (Fsp3) is 0.857.